The van der Waals surface area contributed by atoms with Gasteiger partial charge in [-0.1, -0.05) is 67.7 Å². The summed E-state index contributed by atoms with van der Waals surface area (Å²) >= 11 is 8.40. The van der Waals surface area contributed by atoms with E-state index in [1.165, 1.54) is 0 Å². The number of fused-ring (bicyclic) bond motifs is 1. The summed E-state index contributed by atoms with van der Waals surface area (Å²) in [5.41, 5.74) is 2.81. The van der Waals surface area contributed by atoms with Crippen LogP contribution < -0.4 is 5.32 Å². The van der Waals surface area contributed by atoms with E-state index in [0.29, 0.717) is 6.54 Å². The Bertz CT molecular complexity index is 1200. The highest BCUT2D eigenvalue weighted by Gasteiger charge is 2.17. The average molecular weight is 511 g/mol. The second-order valence-corrected chi connectivity index (χ2v) is 9.68. The zero-order valence-electron chi connectivity index (χ0n) is 18.8. The number of alkyl halides is 1. The maximum Gasteiger partial charge on any atom is 0.191 e. The number of nitrogens with one attached hydrogen (secondary N) is 1. The van der Waals surface area contributed by atoms with E-state index >= 15 is 0 Å². The van der Waals surface area contributed by atoms with Crippen LogP contribution in [0.25, 0.3) is 11.0 Å². The first kappa shape index (κ1) is 25.4. The molecule has 0 radical (unpaired) electrons. The SMILES string of the molecule is C.Cl[C@H](Cn1ncc2c(Nc3ccccc3)nc(SCCN3CCOCC3)nc21)c1ccccc1. The van der Waals surface area contributed by atoms with Gasteiger partial charge in [0.25, 0.3) is 0 Å². The molecule has 0 aliphatic carbocycles. The average Bonchev–Trinajstić information content (AvgIpc) is 3.28. The first-order chi connectivity index (χ1) is 16.8. The summed E-state index contributed by atoms with van der Waals surface area (Å²) in [6.45, 7) is 5.06. The second kappa shape index (κ2) is 12.4. The van der Waals surface area contributed by atoms with Crippen molar-refractivity contribution in [2.45, 2.75) is 24.5 Å². The van der Waals surface area contributed by atoms with E-state index in [9.17, 15) is 0 Å². The van der Waals surface area contributed by atoms with Gasteiger partial charge in [0.15, 0.2) is 10.8 Å². The largest absolute Gasteiger partial charge is 0.379 e. The topological polar surface area (TPSA) is 68.1 Å². The van der Waals surface area contributed by atoms with Crippen molar-refractivity contribution in [2.24, 2.45) is 0 Å². The first-order valence-electron chi connectivity index (χ1n) is 11.4. The zero-order valence-corrected chi connectivity index (χ0v) is 20.4. The van der Waals surface area contributed by atoms with Crippen molar-refractivity contribution in [3.63, 3.8) is 0 Å². The third-order valence-corrected chi connectivity index (χ3v) is 6.97. The van der Waals surface area contributed by atoms with E-state index in [1.54, 1.807) is 11.8 Å². The van der Waals surface area contributed by atoms with Gasteiger partial charge in [-0.2, -0.15) is 5.10 Å². The number of rotatable bonds is 9. The Morgan fingerprint density at radius 3 is 2.46 bits per heavy atom. The predicted octanol–water partition coefficient (Wildman–Crippen LogP) is 5.61. The predicted molar refractivity (Wildman–Crippen MR) is 145 cm³/mol. The molecule has 0 saturated carbocycles. The molecule has 0 spiro atoms. The van der Waals surface area contributed by atoms with E-state index in [1.807, 2.05) is 71.5 Å². The molecule has 184 valence electrons. The Kier molecular flexibility index (Phi) is 8.98. The fraction of sp³-hybridized carbons (Fsp3) is 0.346. The van der Waals surface area contributed by atoms with Crippen LogP contribution in [0.3, 0.4) is 0 Å². The van der Waals surface area contributed by atoms with E-state index < -0.39 is 0 Å². The number of thioether (sulfide) groups is 1. The van der Waals surface area contributed by atoms with Gasteiger partial charge in [-0.15, -0.1) is 11.6 Å². The number of para-hydroxylation sites is 1. The number of ether oxygens (including phenoxy) is 1. The van der Waals surface area contributed by atoms with Crippen LogP contribution in [-0.2, 0) is 11.3 Å². The lowest BCUT2D eigenvalue weighted by Crippen LogP contribution is -2.37. The van der Waals surface area contributed by atoms with Crippen molar-refractivity contribution < 1.29 is 4.74 Å². The Morgan fingerprint density at radius 1 is 1.00 bits per heavy atom. The third-order valence-electron chi connectivity index (χ3n) is 5.75. The number of hydrogen-bond donors (Lipinski definition) is 1. The molecule has 0 bridgehead atoms. The first-order valence-corrected chi connectivity index (χ1v) is 12.9. The van der Waals surface area contributed by atoms with Crippen LogP contribution >= 0.6 is 23.4 Å². The van der Waals surface area contributed by atoms with Gasteiger partial charge in [-0.25, -0.2) is 14.6 Å². The number of halogens is 1. The molecule has 1 aliphatic rings. The van der Waals surface area contributed by atoms with Crippen molar-refractivity contribution in [1.82, 2.24) is 24.6 Å². The molecule has 1 atom stereocenters. The third kappa shape index (κ3) is 6.52. The highest BCUT2D eigenvalue weighted by Crippen LogP contribution is 2.29. The number of hydrogen-bond acceptors (Lipinski definition) is 7. The standard InChI is InChI=1S/C25H27ClN6OS.CH4/c26-22(19-7-3-1-4-8-19)18-32-24-21(17-27-32)23(28-20-9-5-2-6-10-20)29-25(30-24)34-16-13-31-11-14-33-15-12-31;/h1-10,17,22H,11-16,18H2,(H,28,29,30);1H4/t22-;/m1./s1. The molecule has 2 aromatic heterocycles. The van der Waals surface area contributed by atoms with Crippen LogP contribution in [-0.4, -0.2) is 63.2 Å². The Morgan fingerprint density at radius 2 is 1.71 bits per heavy atom. The van der Waals surface area contributed by atoms with Crippen molar-refractivity contribution in [3.05, 3.63) is 72.4 Å². The van der Waals surface area contributed by atoms with Gasteiger partial charge in [-0.05, 0) is 17.7 Å². The molecule has 1 saturated heterocycles. The number of nitrogens with zero attached hydrogens (tertiary/aromatic N) is 5. The summed E-state index contributed by atoms with van der Waals surface area (Å²) < 4.78 is 7.33. The molecule has 1 aliphatic heterocycles. The summed E-state index contributed by atoms with van der Waals surface area (Å²) in [6, 6.07) is 20.1. The second-order valence-electron chi connectivity index (χ2n) is 8.09. The smallest absolute Gasteiger partial charge is 0.191 e. The molecule has 4 aromatic rings. The minimum Gasteiger partial charge on any atom is -0.379 e. The molecular weight excluding hydrogens is 480 g/mol. The van der Waals surface area contributed by atoms with Crippen LogP contribution in [0.5, 0.6) is 0 Å². The van der Waals surface area contributed by atoms with E-state index in [4.69, 9.17) is 26.3 Å². The summed E-state index contributed by atoms with van der Waals surface area (Å²) in [5.74, 6) is 1.66. The summed E-state index contributed by atoms with van der Waals surface area (Å²) in [7, 11) is 0. The van der Waals surface area contributed by atoms with Crippen LogP contribution in [0.1, 0.15) is 18.4 Å². The highest BCUT2D eigenvalue weighted by atomic mass is 35.5. The van der Waals surface area contributed by atoms with Crippen LogP contribution in [0.15, 0.2) is 72.0 Å². The Hall–Kier alpha value is -2.65. The fourth-order valence-corrected chi connectivity index (χ4v) is 5.01. The molecular formula is C26H31ClN6OS. The molecule has 1 N–H and O–H groups in total. The van der Waals surface area contributed by atoms with Gasteiger partial charge in [-0.3, -0.25) is 4.90 Å². The van der Waals surface area contributed by atoms with E-state index in [-0.39, 0.29) is 12.8 Å². The van der Waals surface area contributed by atoms with Crippen molar-refractivity contribution in [1.29, 1.82) is 0 Å². The number of aromatic nitrogens is 4. The molecule has 9 heteroatoms. The van der Waals surface area contributed by atoms with Gasteiger partial charge < -0.3 is 10.1 Å². The molecule has 2 aromatic carbocycles. The maximum atomic E-state index is 6.74. The summed E-state index contributed by atoms with van der Waals surface area (Å²) in [5, 5.41) is 9.46. The highest BCUT2D eigenvalue weighted by molar-refractivity contribution is 7.99. The maximum absolute atomic E-state index is 6.74. The molecule has 3 heterocycles. The van der Waals surface area contributed by atoms with Gasteiger partial charge in [0, 0.05) is 31.1 Å². The molecule has 7 nitrogen and oxygen atoms in total. The molecule has 35 heavy (non-hydrogen) atoms. The van der Waals surface area contributed by atoms with Gasteiger partial charge in [0.05, 0.1) is 36.7 Å². The summed E-state index contributed by atoms with van der Waals surface area (Å²) in [4.78, 5) is 12.1. The minimum absolute atomic E-state index is 0. The molecule has 1 fully saturated rings. The van der Waals surface area contributed by atoms with Crippen molar-refractivity contribution in [2.75, 3.05) is 43.9 Å². The van der Waals surface area contributed by atoms with Gasteiger partial charge in [0.1, 0.15) is 5.82 Å². The van der Waals surface area contributed by atoms with Gasteiger partial charge >= 0.3 is 0 Å². The zero-order chi connectivity index (χ0) is 23.2. The molecule has 0 amide bonds. The van der Waals surface area contributed by atoms with Crippen molar-refractivity contribution >= 4 is 45.9 Å². The Balaban J connectivity index is 0.00000289. The van der Waals surface area contributed by atoms with Crippen LogP contribution in [0.4, 0.5) is 11.5 Å². The van der Waals surface area contributed by atoms with Gasteiger partial charge in [0.2, 0.25) is 0 Å². The summed E-state index contributed by atoms with van der Waals surface area (Å²) in [6.07, 6.45) is 1.82. The lowest BCUT2D eigenvalue weighted by molar-refractivity contribution is 0.0410. The van der Waals surface area contributed by atoms with Crippen LogP contribution in [0.2, 0.25) is 0 Å². The van der Waals surface area contributed by atoms with E-state index in [2.05, 4.69) is 15.3 Å². The fourth-order valence-electron chi connectivity index (χ4n) is 3.90. The minimum atomic E-state index is -0.206. The lowest BCUT2D eigenvalue weighted by atomic mass is 10.1. The van der Waals surface area contributed by atoms with E-state index in [0.717, 1.165) is 71.9 Å². The molecule has 0 unspecified atom stereocenters. The Labute approximate surface area is 215 Å². The quantitative estimate of drug-likeness (QED) is 0.178. The number of anilines is 2. The van der Waals surface area contributed by atoms with Crippen molar-refractivity contribution in [3.8, 4) is 0 Å². The normalized spacial score (nSPS) is 15.0. The monoisotopic (exact) mass is 510 g/mol. The lowest BCUT2D eigenvalue weighted by Gasteiger charge is -2.26. The number of benzene rings is 2. The number of morpholine rings is 1. The van der Waals surface area contributed by atoms with Crippen LogP contribution in [0, 0.1) is 0 Å². The molecule has 5 rings (SSSR count).